The van der Waals surface area contributed by atoms with E-state index in [2.05, 4.69) is 56.9 Å². The molecule has 1 saturated heterocycles. The van der Waals surface area contributed by atoms with Crippen LogP contribution in [-0.4, -0.2) is 48.7 Å². The molecule has 0 bridgehead atoms. The van der Waals surface area contributed by atoms with Crippen molar-refractivity contribution in [2.45, 2.75) is 25.8 Å². The molecule has 0 radical (unpaired) electrons. The first kappa shape index (κ1) is 19.2. The summed E-state index contributed by atoms with van der Waals surface area (Å²) < 4.78 is 14.0. The van der Waals surface area contributed by atoms with Crippen LogP contribution in [0.5, 0.6) is 0 Å². The number of hydrogen-bond donors (Lipinski definition) is 3. The van der Waals surface area contributed by atoms with Crippen LogP contribution in [0.25, 0.3) is 10.9 Å². The van der Waals surface area contributed by atoms with Crippen LogP contribution in [0.15, 0.2) is 47.7 Å². The Labute approximate surface area is 170 Å². The van der Waals surface area contributed by atoms with Crippen LogP contribution in [0, 0.1) is 12.7 Å². The molecule has 1 aromatic carbocycles. The number of fused-ring (bicyclic) bond motifs is 1. The van der Waals surface area contributed by atoms with Gasteiger partial charge in [0.15, 0.2) is 17.6 Å². The summed E-state index contributed by atoms with van der Waals surface area (Å²) in [5.74, 6) is 0.925. The number of aliphatic imine (C=N–C) groups is 1. The number of nitrogens with one attached hydrogen (secondary N) is 3. The predicted molar refractivity (Wildman–Crippen MR) is 116 cm³/mol. The molecule has 1 aliphatic heterocycles. The summed E-state index contributed by atoms with van der Waals surface area (Å²) in [6.45, 7) is 4.41. The molecule has 3 aromatic rings. The number of guanidine groups is 1. The number of nitrogens with zero attached hydrogens (tertiary/aromatic N) is 3. The third-order valence-electron chi connectivity index (χ3n) is 5.47. The van der Waals surface area contributed by atoms with Crippen molar-refractivity contribution >= 4 is 22.7 Å². The summed E-state index contributed by atoms with van der Waals surface area (Å²) in [5, 5.41) is 8.16. The molecule has 29 heavy (non-hydrogen) atoms. The monoisotopic (exact) mass is 394 g/mol. The van der Waals surface area contributed by atoms with Crippen molar-refractivity contribution in [3.05, 3.63) is 59.7 Å². The number of halogens is 1. The van der Waals surface area contributed by atoms with Crippen molar-refractivity contribution < 1.29 is 4.39 Å². The van der Waals surface area contributed by atoms with Crippen LogP contribution in [0.4, 0.5) is 10.2 Å². The van der Waals surface area contributed by atoms with Crippen LogP contribution < -0.4 is 15.5 Å². The zero-order valence-corrected chi connectivity index (χ0v) is 16.9. The molecule has 3 N–H and O–H groups in total. The quantitative estimate of drug-likeness (QED) is 0.460. The van der Waals surface area contributed by atoms with E-state index in [4.69, 9.17) is 0 Å². The van der Waals surface area contributed by atoms with Gasteiger partial charge in [0.1, 0.15) is 0 Å². The number of benzene rings is 1. The van der Waals surface area contributed by atoms with Gasteiger partial charge in [-0.15, -0.1) is 0 Å². The fourth-order valence-corrected chi connectivity index (χ4v) is 4.03. The number of pyridine rings is 1. The topological polar surface area (TPSA) is 68.3 Å². The third-order valence-corrected chi connectivity index (χ3v) is 5.47. The molecular formula is C22H27FN6. The molecule has 1 atom stereocenters. The van der Waals surface area contributed by atoms with E-state index in [-0.39, 0.29) is 11.9 Å². The van der Waals surface area contributed by atoms with Crippen LogP contribution in [0.2, 0.25) is 0 Å². The average Bonchev–Trinajstić information content (AvgIpc) is 3.35. The van der Waals surface area contributed by atoms with Gasteiger partial charge in [0.25, 0.3) is 0 Å². The molecule has 152 valence electrons. The van der Waals surface area contributed by atoms with Gasteiger partial charge < -0.3 is 20.5 Å². The molecule has 3 heterocycles. The number of aromatic amines is 1. The summed E-state index contributed by atoms with van der Waals surface area (Å²) >= 11 is 0. The summed E-state index contributed by atoms with van der Waals surface area (Å²) in [7, 11) is 1.77. The number of H-pyrrole nitrogens is 1. The first-order valence-electron chi connectivity index (χ1n) is 10.0. The Kier molecular flexibility index (Phi) is 5.64. The predicted octanol–water partition coefficient (Wildman–Crippen LogP) is 3.00. The molecule has 1 aliphatic rings. The Morgan fingerprint density at radius 2 is 2.24 bits per heavy atom. The second-order valence-electron chi connectivity index (χ2n) is 7.45. The minimum Gasteiger partial charge on any atom is -0.361 e. The van der Waals surface area contributed by atoms with Crippen molar-refractivity contribution in [1.29, 1.82) is 0 Å². The van der Waals surface area contributed by atoms with Gasteiger partial charge in [0.2, 0.25) is 0 Å². The number of aryl methyl sites for hydroxylation is 1. The average molecular weight is 394 g/mol. The zero-order chi connectivity index (χ0) is 20.2. The van der Waals surface area contributed by atoms with Gasteiger partial charge in [0, 0.05) is 56.0 Å². The molecule has 0 spiro atoms. The lowest BCUT2D eigenvalue weighted by Crippen LogP contribution is -2.45. The molecule has 1 unspecified atom stereocenters. The number of hydrogen-bond acceptors (Lipinski definition) is 3. The Hall–Kier alpha value is -3.09. The smallest absolute Gasteiger partial charge is 0.191 e. The summed E-state index contributed by atoms with van der Waals surface area (Å²) in [4.78, 5) is 13.9. The Morgan fingerprint density at radius 3 is 3.07 bits per heavy atom. The lowest BCUT2D eigenvalue weighted by molar-refractivity contribution is 0.612. The van der Waals surface area contributed by atoms with Crippen molar-refractivity contribution in [1.82, 2.24) is 20.6 Å². The Balaban J connectivity index is 1.31. The van der Waals surface area contributed by atoms with Crippen LogP contribution in [-0.2, 0) is 6.42 Å². The van der Waals surface area contributed by atoms with Gasteiger partial charge in [-0.05, 0) is 49.1 Å². The van der Waals surface area contributed by atoms with Gasteiger partial charge in [-0.25, -0.2) is 9.37 Å². The molecule has 4 rings (SSSR count). The van der Waals surface area contributed by atoms with Gasteiger partial charge >= 0.3 is 0 Å². The molecule has 0 aliphatic carbocycles. The standard InChI is InChI=1S/C22H27FN6/c1-15-5-3-7-19-20(15)16(13-27-19)8-11-26-22(24-2)28-17-9-12-29(14-17)21-18(23)6-4-10-25-21/h3-7,10,13,17,27H,8-9,11-12,14H2,1-2H3,(H2,24,26,28). The Morgan fingerprint density at radius 1 is 1.34 bits per heavy atom. The minimum absolute atomic E-state index is 0.206. The van der Waals surface area contributed by atoms with Gasteiger partial charge in [-0.1, -0.05) is 12.1 Å². The maximum absolute atomic E-state index is 14.0. The molecular weight excluding hydrogens is 367 g/mol. The van der Waals surface area contributed by atoms with E-state index in [9.17, 15) is 4.39 Å². The third kappa shape index (κ3) is 4.18. The lowest BCUT2D eigenvalue weighted by Gasteiger charge is -2.20. The minimum atomic E-state index is -0.273. The van der Waals surface area contributed by atoms with Crippen molar-refractivity contribution in [2.24, 2.45) is 4.99 Å². The van der Waals surface area contributed by atoms with E-state index in [1.165, 1.54) is 28.1 Å². The number of rotatable bonds is 5. The fourth-order valence-electron chi connectivity index (χ4n) is 4.03. The molecule has 2 aromatic heterocycles. The van der Waals surface area contributed by atoms with E-state index in [0.29, 0.717) is 12.4 Å². The largest absolute Gasteiger partial charge is 0.361 e. The second kappa shape index (κ2) is 8.51. The van der Waals surface area contributed by atoms with Gasteiger partial charge in [-0.2, -0.15) is 0 Å². The normalized spacial score (nSPS) is 17.1. The maximum atomic E-state index is 14.0. The molecule has 0 amide bonds. The maximum Gasteiger partial charge on any atom is 0.191 e. The van der Waals surface area contributed by atoms with E-state index in [1.54, 1.807) is 19.3 Å². The van der Waals surface area contributed by atoms with Crippen LogP contribution in [0.3, 0.4) is 0 Å². The summed E-state index contributed by atoms with van der Waals surface area (Å²) in [6, 6.07) is 9.60. The van der Waals surface area contributed by atoms with Crippen molar-refractivity contribution in [3.63, 3.8) is 0 Å². The second-order valence-corrected chi connectivity index (χ2v) is 7.45. The van der Waals surface area contributed by atoms with Crippen LogP contribution in [0.1, 0.15) is 17.5 Å². The zero-order valence-electron chi connectivity index (χ0n) is 16.9. The van der Waals surface area contributed by atoms with Gasteiger partial charge in [0.05, 0.1) is 0 Å². The number of aromatic nitrogens is 2. The highest BCUT2D eigenvalue weighted by Gasteiger charge is 2.25. The molecule has 1 fully saturated rings. The highest BCUT2D eigenvalue weighted by atomic mass is 19.1. The van der Waals surface area contributed by atoms with Gasteiger partial charge in [-0.3, -0.25) is 4.99 Å². The van der Waals surface area contributed by atoms with E-state index >= 15 is 0 Å². The lowest BCUT2D eigenvalue weighted by atomic mass is 10.1. The SMILES string of the molecule is CN=C(NCCc1c[nH]c2cccc(C)c12)NC1CCN(c2ncccc2F)C1. The highest BCUT2D eigenvalue weighted by Crippen LogP contribution is 2.22. The highest BCUT2D eigenvalue weighted by molar-refractivity contribution is 5.86. The molecule has 0 saturated carbocycles. The van der Waals surface area contributed by atoms with Crippen LogP contribution >= 0.6 is 0 Å². The van der Waals surface area contributed by atoms with Crippen molar-refractivity contribution in [2.75, 3.05) is 31.6 Å². The fraction of sp³-hybridized carbons (Fsp3) is 0.364. The van der Waals surface area contributed by atoms with E-state index in [0.717, 1.165) is 31.9 Å². The first-order valence-corrected chi connectivity index (χ1v) is 10.0. The molecule has 6 nitrogen and oxygen atoms in total. The summed E-state index contributed by atoms with van der Waals surface area (Å²) in [6.07, 6.45) is 5.54. The van der Waals surface area contributed by atoms with Crippen molar-refractivity contribution in [3.8, 4) is 0 Å². The molecule has 7 heteroatoms. The van der Waals surface area contributed by atoms with E-state index in [1.807, 2.05) is 4.90 Å². The number of anilines is 1. The first-order chi connectivity index (χ1) is 14.2. The Bertz CT molecular complexity index is 1010. The van der Waals surface area contributed by atoms with E-state index < -0.39 is 0 Å². The summed E-state index contributed by atoms with van der Waals surface area (Å²) in [5.41, 5.74) is 3.77.